The maximum absolute atomic E-state index is 3.11. The largest absolute Gasteiger partial charge is 0.359 e. The minimum atomic E-state index is 1.25. The molecule has 1 aliphatic rings. The van der Waals surface area contributed by atoms with Crippen molar-refractivity contribution in [3.63, 3.8) is 0 Å². The van der Waals surface area contributed by atoms with Crippen molar-refractivity contribution >= 4 is 7.41 Å². The van der Waals surface area contributed by atoms with Crippen LogP contribution in [0.2, 0.25) is 6.32 Å². The SMILES string of the molecule is B1CCN1. The van der Waals surface area contributed by atoms with Crippen molar-refractivity contribution in [1.82, 2.24) is 5.23 Å². The normalized spacial score (nSPS) is 22.0. The Hall–Kier alpha value is 0.0249. The van der Waals surface area contributed by atoms with Gasteiger partial charge in [0.1, 0.15) is 0 Å². The first-order chi connectivity index (χ1) is 2.00. The van der Waals surface area contributed by atoms with Crippen molar-refractivity contribution in [1.29, 1.82) is 0 Å². The molecule has 4 heavy (non-hydrogen) atoms. The molecule has 0 amide bonds. The van der Waals surface area contributed by atoms with Crippen LogP contribution in [-0.4, -0.2) is 14.0 Å². The molecular weight excluding hydrogens is 48.8 g/mol. The first kappa shape index (κ1) is 2.27. The highest BCUT2D eigenvalue weighted by Crippen LogP contribution is 1.79. The van der Waals surface area contributed by atoms with Gasteiger partial charge in [0.2, 0.25) is 7.41 Å². The summed E-state index contributed by atoms with van der Waals surface area (Å²) in [7, 11) is 1.25. The van der Waals surface area contributed by atoms with Gasteiger partial charge in [0.25, 0.3) is 0 Å². The summed E-state index contributed by atoms with van der Waals surface area (Å²) in [5.74, 6) is 0. The molecule has 0 atom stereocenters. The summed E-state index contributed by atoms with van der Waals surface area (Å²) in [4.78, 5) is 0. The maximum Gasteiger partial charge on any atom is 0.202 e. The van der Waals surface area contributed by atoms with Gasteiger partial charge in [-0.15, -0.1) is 0 Å². The summed E-state index contributed by atoms with van der Waals surface area (Å²) in [5.41, 5.74) is 0. The zero-order valence-electron chi connectivity index (χ0n) is 2.62. The third kappa shape index (κ3) is 0.131. The fraction of sp³-hybridized carbons (Fsp3) is 1.00. The second-order valence-electron chi connectivity index (χ2n) is 1.10. The van der Waals surface area contributed by atoms with Crippen LogP contribution in [0.4, 0.5) is 0 Å². The summed E-state index contributed by atoms with van der Waals surface area (Å²) in [6, 6.07) is 0. The second-order valence-corrected chi connectivity index (χ2v) is 1.10. The van der Waals surface area contributed by atoms with Crippen LogP contribution >= 0.6 is 0 Å². The van der Waals surface area contributed by atoms with E-state index in [1.54, 1.807) is 0 Å². The molecule has 0 aromatic heterocycles. The number of nitrogens with one attached hydrogen (secondary N) is 1. The van der Waals surface area contributed by atoms with E-state index in [-0.39, 0.29) is 0 Å². The Morgan fingerprint density at radius 3 is 2.00 bits per heavy atom. The summed E-state index contributed by atoms with van der Waals surface area (Å²) in [6.45, 7) is 1.25. The van der Waals surface area contributed by atoms with E-state index in [9.17, 15) is 0 Å². The van der Waals surface area contributed by atoms with Crippen molar-refractivity contribution in [2.24, 2.45) is 0 Å². The molecule has 0 spiro atoms. The Morgan fingerprint density at radius 2 is 2.00 bits per heavy atom. The van der Waals surface area contributed by atoms with Crippen LogP contribution in [0.5, 0.6) is 0 Å². The van der Waals surface area contributed by atoms with E-state index >= 15 is 0 Å². The van der Waals surface area contributed by atoms with E-state index in [1.165, 1.54) is 20.3 Å². The van der Waals surface area contributed by atoms with Crippen LogP contribution in [0.25, 0.3) is 0 Å². The van der Waals surface area contributed by atoms with Gasteiger partial charge >= 0.3 is 0 Å². The molecule has 0 radical (unpaired) electrons. The minimum Gasteiger partial charge on any atom is -0.359 e. The average molecular weight is 54.9 g/mol. The van der Waals surface area contributed by atoms with E-state index in [0.717, 1.165) is 0 Å². The number of hydrogen-bond acceptors (Lipinski definition) is 1. The molecular formula is C2H6BN. The quantitative estimate of drug-likeness (QED) is 0.363. The van der Waals surface area contributed by atoms with Gasteiger partial charge in [0.05, 0.1) is 0 Å². The standard InChI is InChI=1S/C2H6BN/c1-2-4-3-1/h3-4H,1-2H2. The molecule has 1 saturated heterocycles. The minimum absolute atomic E-state index is 1.25. The zero-order chi connectivity index (χ0) is 2.83. The van der Waals surface area contributed by atoms with Gasteiger partial charge < -0.3 is 5.23 Å². The fourth-order valence-electron chi connectivity index (χ4n) is 0.177. The molecule has 2 heteroatoms. The summed E-state index contributed by atoms with van der Waals surface area (Å²) in [5, 5.41) is 3.11. The average Bonchev–Trinajstić information content (AvgIpc) is 0.722. The lowest BCUT2D eigenvalue weighted by Gasteiger charge is -2.07. The Balaban J connectivity index is 2.00. The molecule has 1 aliphatic heterocycles. The van der Waals surface area contributed by atoms with E-state index < -0.39 is 0 Å². The second kappa shape index (κ2) is 0.766. The molecule has 22 valence electrons. The molecule has 1 nitrogen and oxygen atoms in total. The van der Waals surface area contributed by atoms with E-state index in [4.69, 9.17) is 0 Å². The fourth-order valence-corrected chi connectivity index (χ4v) is 0.177. The molecule has 1 rings (SSSR count). The predicted molar refractivity (Wildman–Crippen MR) is 20.0 cm³/mol. The van der Waals surface area contributed by atoms with Gasteiger partial charge in [-0.05, 0) is 6.54 Å². The zero-order valence-corrected chi connectivity index (χ0v) is 2.62. The van der Waals surface area contributed by atoms with Gasteiger partial charge in [-0.3, -0.25) is 0 Å². The highest BCUT2D eigenvalue weighted by Gasteiger charge is 1.96. The van der Waals surface area contributed by atoms with Crippen LogP contribution < -0.4 is 5.23 Å². The topological polar surface area (TPSA) is 12.0 Å². The highest BCUT2D eigenvalue weighted by atomic mass is 14.8. The van der Waals surface area contributed by atoms with Crippen LogP contribution in [0.1, 0.15) is 0 Å². The van der Waals surface area contributed by atoms with Crippen molar-refractivity contribution in [3.8, 4) is 0 Å². The van der Waals surface area contributed by atoms with Gasteiger partial charge in [0, 0.05) is 0 Å². The van der Waals surface area contributed by atoms with Crippen molar-refractivity contribution in [2.75, 3.05) is 6.54 Å². The Bertz CT molecular complexity index is 14.0. The highest BCUT2D eigenvalue weighted by molar-refractivity contribution is 6.35. The lowest BCUT2D eigenvalue weighted by Crippen LogP contribution is -2.32. The predicted octanol–water partition coefficient (Wildman–Crippen LogP) is -0.641. The Labute approximate surface area is 26.7 Å². The van der Waals surface area contributed by atoms with Crippen LogP contribution in [0.15, 0.2) is 0 Å². The summed E-state index contributed by atoms with van der Waals surface area (Å²) >= 11 is 0. The van der Waals surface area contributed by atoms with Gasteiger partial charge in [0.15, 0.2) is 0 Å². The van der Waals surface area contributed by atoms with Crippen molar-refractivity contribution < 1.29 is 0 Å². The Morgan fingerprint density at radius 1 is 1.75 bits per heavy atom. The summed E-state index contributed by atoms with van der Waals surface area (Å²) < 4.78 is 0. The maximum atomic E-state index is 3.11. The molecule has 1 N–H and O–H groups in total. The lowest BCUT2D eigenvalue weighted by molar-refractivity contribution is 0.899. The first-order valence-corrected chi connectivity index (χ1v) is 1.71. The monoisotopic (exact) mass is 55.1 g/mol. The molecule has 0 unspecified atom stereocenters. The third-order valence-electron chi connectivity index (χ3n) is 0.707. The summed E-state index contributed by atoms with van der Waals surface area (Å²) in [6.07, 6.45) is 1.39. The molecule has 1 fully saturated rings. The molecule has 0 saturated carbocycles. The van der Waals surface area contributed by atoms with Gasteiger partial charge in [-0.25, -0.2) is 0 Å². The first-order valence-electron chi connectivity index (χ1n) is 1.71. The van der Waals surface area contributed by atoms with E-state index in [2.05, 4.69) is 5.23 Å². The molecule has 0 aliphatic carbocycles. The van der Waals surface area contributed by atoms with E-state index in [0.29, 0.717) is 0 Å². The van der Waals surface area contributed by atoms with Crippen molar-refractivity contribution in [2.45, 2.75) is 6.32 Å². The third-order valence-corrected chi connectivity index (χ3v) is 0.707. The smallest absolute Gasteiger partial charge is 0.202 e. The van der Waals surface area contributed by atoms with Gasteiger partial charge in [-0.2, -0.15) is 0 Å². The molecule has 0 aromatic rings. The number of rotatable bonds is 0. The molecule has 0 bridgehead atoms. The molecule has 0 aromatic carbocycles. The number of hydrogen-bond donors (Lipinski definition) is 1. The van der Waals surface area contributed by atoms with Crippen LogP contribution in [0, 0.1) is 0 Å². The molecule has 1 heterocycles. The Kier molecular flexibility index (Phi) is 0.435. The van der Waals surface area contributed by atoms with Crippen LogP contribution in [0.3, 0.4) is 0 Å². The van der Waals surface area contributed by atoms with E-state index in [1.807, 2.05) is 0 Å². The van der Waals surface area contributed by atoms with Crippen molar-refractivity contribution in [3.05, 3.63) is 0 Å². The van der Waals surface area contributed by atoms with Crippen LogP contribution in [-0.2, 0) is 0 Å². The van der Waals surface area contributed by atoms with Gasteiger partial charge in [-0.1, -0.05) is 6.32 Å². The lowest BCUT2D eigenvalue weighted by atomic mass is 9.81.